The molecule has 1 fully saturated rings. The molecule has 6 unspecified atom stereocenters. The summed E-state index contributed by atoms with van der Waals surface area (Å²) in [5.41, 5.74) is 0. The van der Waals surface area contributed by atoms with Gasteiger partial charge in [0.2, 0.25) is 0 Å². The fourth-order valence-corrected chi connectivity index (χ4v) is 7.51. The van der Waals surface area contributed by atoms with Crippen molar-refractivity contribution in [3.63, 3.8) is 0 Å². The molecule has 13 heteroatoms. The summed E-state index contributed by atoms with van der Waals surface area (Å²) in [6.07, 6.45) is 39.4. The van der Waals surface area contributed by atoms with Crippen molar-refractivity contribution in [2.24, 2.45) is 0 Å². The molecule has 0 heterocycles. The van der Waals surface area contributed by atoms with Gasteiger partial charge in [0, 0.05) is 13.0 Å². The van der Waals surface area contributed by atoms with E-state index in [1.807, 2.05) is 0 Å². The van der Waals surface area contributed by atoms with E-state index in [0.717, 1.165) is 128 Å². The number of allylic oxidation sites excluding steroid dienone is 14. The van der Waals surface area contributed by atoms with E-state index in [-0.39, 0.29) is 13.0 Å². The molecule has 0 aromatic rings. The Bertz CT molecular complexity index is 1340. The molecule has 1 rings (SSSR count). The van der Waals surface area contributed by atoms with Gasteiger partial charge in [-0.2, -0.15) is 0 Å². The third-order valence-electron chi connectivity index (χ3n) is 10.2. The van der Waals surface area contributed by atoms with Crippen LogP contribution in [0.5, 0.6) is 0 Å². The number of phosphoric ester groups is 1. The first-order valence-corrected chi connectivity index (χ1v) is 24.9. The number of carbonyl (C=O) groups excluding carboxylic acids is 1. The lowest BCUT2D eigenvalue weighted by molar-refractivity contribution is -0.220. The van der Waals surface area contributed by atoms with E-state index in [0.29, 0.717) is 13.0 Å². The molecule has 0 aromatic heterocycles. The second-order valence-corrected chi connectivity index (χ2v) is 17.3. The monoisotopic (exact) mass is 895 g/mol. The van der Waals surface area contributed by atoms with Gasteiger partial charge in [0.15, 0.2) is 0 Å². The standard InChI is InChI=1S/C49H83O12P/c1-3-5-7-9-11-13-15-17-18-19-20-21-22-23-24-25-27-29-31-33-35-37-39-58-40-42(41-59-62(56,57)61-49-47(54)45(52)44(51)46(53)48(49)55)60-43(50)38-36-34-32-30-28-26-16-14-12-10-8-6-4-2/h5,7-8,10-11,13-14,16-18,20-21,23-24,42,44-49,51-55H,3-4,6,9,12,15,19,22,25-41H2,1-2H3,(H,56,57)/b7-5-,10-8-,13-11-,16-14-,18-17-,21-20-,24-23-. The highest BCUT2D eigenvalue weighted by Crippen LogP contribution is 2.47. The average molecular weight is 895 g/mol. The Morgan fingerprint density at radius 3 is 1.45 bits per heavy atom. The highest BCUT2D eigenvalue weighted by Gasteiger charge is 2.51. The van der Waals surface area contributed by atoms with Crippen LogP contribution >= 0.6 is 7.82 Å². The van der Waals surface area contributed by atoms with E-state index >= 15 is 0 Å². The number of aliphatic hydroxyl groups excluding tert-OH is 5. The lowest BCUT2D eigenvalue weighted by atomic mass is 9.85. The summed E-state index contributed by atoms with van der Waals surface area (Å²) >= 11 is 0. The summed E-state index contributed by atoms with van der Waals surface area (Å²) < 4.78 is 34.2. The molecule has 12 nitrogen and oxygen atoms in total. The maximum absolute atomic E-state index is 12.8. The van der Waals surface area contributed by atoms with Gasteiger partial charge in [0.1, 0.15) is 42.7 Å². The summed E-state index contributed by atoms with van der Waals surface area (Å²) in [7, 11) is -5.03. The molecule has 1 saturated carbocycles. The van der Waals surface area contributed by atoms with Gasteiger partial charge in [-0.25, -0.2) is 4.57 Å². The minimum Gasteiger partial charge on any atom is -0.457 e. The zero-order chi connectivity index (χ0) is 45.5. The van der Waals surface area contributed by atoms with Crippen molar-refractivity contribution in [3.8, 4) is 0 Å². The van der Waals surface area contributed by atoms with E-state index in [1.54, 1.807) is 0 Å². The molecule has 0 bridgehead atoms. The van der Waals surface area contributed by atoms with E-state index in [1.165, 1.54) is 0 Å². The zero-order valence-corrected chi connectivity index (χ0v) is 38.8. The van der Waals surface area contributed by atoms with Gasteiger partial charge in [-0.1, -0.05) is 150 Å². The first kappa shape index (κ1) is 57.5. The molecule has 0 radical (unpaired) electrons. The van der Waals surface area contributed by atoms with E-state index in [4.69, 9.17) is 18.5 Å². The number of rotatable bonds is 38. The van der Waals surface area contributed by atoms with Crippen LogP contribution in [-0.4, -0.2) is 98.9 Å². The predicted molar refractivity (Wildman–Crippen MR) is 248 cm³/mol. The summed E-state index contributed by atoms with van der Waals surface area (Å²) in [5, 5.41) is 50.2. The normalized spacial score (nSPS) is 22.8. The number of hydrogen-bond donors (Lipinski definition) is 6. The molecule has 0 aromatic carbocycles. The Labute approximate surface area is 373 Å². The molecule has 62 heavy (non-hydrogen) atoms. The third-order valence-corrected chi connectivity index (χ3v) is 11.2. The van der Waals surface area contributed by atoms with Crippen LogP contribution in [0.2, 0.25) is 0 Å². The predicted octanol–water partition coefficient (Wildman–Crippen LogP) is 9.75. The van der Waals surface area contributed by atoms with Crippen molar-refractivity contribution < 1.29 is 58.3 Å². The molecule has 6 atom stereocenters. The molecular formula is C49H83O12P. The molecule has 0 spiro atoms. The summed E-state index contributed by atoms with van der Waals surface area (Å²) in [6, 6.07) is 0. The van der Waals surface area contributed by atoms with Crippen LogP contribution < -0.4 is 0 Å². The van der Waals surface area contributed by atoms with Gasteiger partial charge < -0.3 is 39.9 Å². The van der Waals surface area contributed by atoms with E-state index < -0.39 is 63.1 Å². The lowest BCUT2D eigenvalue weighted by Crippen LogP contribution is -2.64. The zero-order valence-electron chi connectivity index (χ0n) is 37.9. The number of phosphoric acid groups is 1. The second kappa shape index (κ2) is 38.9. The number of hydrogen-bond acceptors (Lipinski definition) is 11. The second-order valence-electron chi connectivity index (χ2n) is 15.9. The summed E-state index contributed by atoms with van der Waals surface area (Å²) in [4.78, 5) is 23.1. The van der Waals surface area contributed by atoms with Gasteiger partial charge in [-0.3, -0.25) is 13.8 Å². The van der Waals surface area contributed by atoms with Crippen LogP contribution in [0.15, 0.2) is 85.1 Å². The molecule has 356 valence electrons. The Kier molecular flexibility index (Phi) is 36.1. The minimum atomic E-state index is -5.03. The Hall–Kier alpha value is -2.48. The van der Waals surface area contributed by atoms with Gasteiger partial charge in [-0.05, 0) is 83.5 Å². The van der Waals surface area contributed by atoms with Gasteiger partial charge in [0.05, 0.1) is 13.2 Å². The molecule has 1 aliphatic rings. The van der Waals surface area contributed by atoms with Crippen molar-refractivity contribution in [1.29, 1.82) is 0 Å². The molecule has 0 amide bonds. The average Bonchev–Trinajstić information content (AvgIpc) is 3.26. The number of unbranched alkanes of at least 4 members (excludes halogenated alkanes) is 12. The maximum Gasteiger partial charge on any atom is 0.472 e. The Morgan fingerprint density at radius 2 is 0.952 bits per heavy atom. The molecular weight excluding hydrogens is 812 g/mol. The first-order valence-electron chi connectivity index (χ1n) is 23.4. The topological polar surface area (TPSA) is 192 Å². The van der Waals surface area contributed by atoms with Crippen LogP contribution in [0, 0.1) is 0 Å². The van der Waals surface area contributed by atoms with Crippen molar-refractivity contribution in [3.05, 3.63) is 85.1 Å². The molecule has 1 aliphatic carbocycles. The molecule has 0 saturated heterocycles. The quantitative estimate of drug-likeness (QED) is 0.0149. The maximum atomic E-state index is 12.8. The minimum absolute atomic E-state index is 0.0980. The van der Waals surface area contributed by atoms with Crippen molar-refractivity contribution in [2.75, 3.05) is 19.8 Å². The van der Waals surface area contributed by atoms with E-state index in [2.05, 4.69) is 98.9 Å². The van der Waals surface area contributed by atoms with Gasteiger partial charge >= 0.3 is 13.8 Å². The number of carbonyl (C=O) groups is 1. The lowest BCUT2D eigenvalue weighted by Gasteiger charge is -2.41. The Morgan fingerprint density at radius 1 is 0.532 bits per heavy atom. The molecule has 0 aliphatic heterocycles. The first-order chi connectivity index (χ1) is 30.0. The fraction of sp³-hybridized carbons (Fsp3) is 0.694. The summed E-state index contributed by atoms with van der Waals surface area (Å²) in [6.45, 7) is 4.01. The number of esters is 1. The number of ether oxygens (including phenoxy) is 2. The number of aliphatic hydroxyl groups is 5. The van der Waals surface area contributed by atoms with Crippen molar-refractivity contribution in [2.45, 2.75) is 198 Å². The van der Waals surface area contributed by atoms with Gasteiger partial charge in [0.25, 0.3) is 0 Å². The third kappa shape index (κ3) is 30.6. The van der Waals surface area contributed by atoms with Crippen LogP contribution in [0.25, 0.3) is 0 Å². The van der Waals surface area contributed by atoms with E-state index in [9.17, 15) is 39.8 Å². The van der Waals surface area contributed by atoms with Crippen molar-refractivity contribution >= 4 is 13.8 Å². The molecule has 6 N–H and O–H groups in total. The largest absolute Gasteiger partial charge is 0.472 e. The fourth-order valence-electron chi connectivity index (χ4n) is 6.54. The highest BCUT2D eigenvalue weighted by atomic mass is 31.2. The SMILES string of the molecule is CC/C=C\C/C=C\C/C=C\C/C=C\C/C=C\CCCCCCCCOCC(COP(=O)(O)OC1C(O)C(O)C(O)C(O)C1O)OC(=O)CCCCCCC/C=C\C/C=C\CCC. The van der Waals surface area contributed by atoms with Crippen LogP contribution in [0.1, 0.15) is 155 Å². The summed E-state index contributed by atoms with van der Waals surface area (Å²) in [5.74, 6) is -0.502. The van der Waals surface area contributed by atoms with Crippen LogP contribution in [0.3, 0.4) is 0 Å². The Balaban J connectivity index is 2.39. The highest BCUT2D eigenvalue weighted by molar-refractivity contribution is 7.47. The van der Waals surface area contributed by atoms with Gasteiger partial charge in [-0.15, -0.1) is 0 Å². The smallest absolute Gasteiger partial charge is 0.457 e. The van der Waals surface area contributed by atoms with Crippen molar-refractivity contribution in [1.82, 2.24) is 0 Å². The van der Waals surface area contributed by atoms with Crippen LogP contribution in [0.4, 0.5) is 0 Å². The van der Waals surface area contributed by atoms with Crippen LogP contribution in [-0.2, 0) is 27.9 Å².